The van der Waals surface area contributed by atoms with Gasteiger partial charge >= 0.3 is 0 Å². The van der Waals surface area contributed by atoms with Crippen LogP contribution < -0.4 is 0 Å². The van der Waals surface area contributed by atoms with E-state index in [1.54, 1.807) is 10.6 Å². The normalized spacial score (nSPS) is 20.8. The number of carbonyl (C=O) groups excluding carboxylic acids is 1. The molecule has 1 aliphatic rings. The molecule has 0 spiro atoms. The van der Waals surface area contributed by atoms with Crippen LogP contribution in [-0.4, -0.2) is 38.3 Å². The first kappa shape index (κ1) is 15.8. The van der Waals surface area contributed by atoms with E-state index in [2.05, 4.69) is 41.2 Å². The van der Waals surface area contributed by atoms with Gasteiger partial charge in [-0.05, 0) is 31.4 Å². The van der Waals surface area contributed by atoms with Crippen molar-refractivity contribution in [3.8, 4) is 0 Å². The predicted molar refractivity (Wildman–Crippen MR) is 96.7 cm³/mol. The van der Waals surface area contributed by atoms with E-state index in [-0.39, 0.29) is 11.3 Å². The molecular formula is C20H22N4O. The minimum Gasteiger partial charge on any atom is -0.336 e. The van der Waals surface area contributed by atoms with Crippen LogP contribution in [0, 0.1) is 6.92 Å². The Morgan fingerprint density at radius 2 is 2.00 bits per heavy atom. The van der Waals surface area contributed by atoms with Crippen molar-refractivity contribution in [1.29, 1.82) is 0 Å². The maximum absolute atomic E-state index is 13.3. The number of nitrogens with zero attached hydrogens (tertiary/aromatic N) is 4. The Morgan fingerprint density at radius 3 is 2.80 bits per heavy atom. The summed E-state index contributed by atoms with van der Waals surface area (Å²) in [6.45, 7) is 5.64. The summed E-state index contributed by atoms with van der Waals surface area (Å²) in [6.07, 6.45) is 5.65. The van der Waals surface area contributed by atoms with Crippen LogP contribution in [0.3, 0.4) is 0 Å². The van der Waals surface area contributed by atoms with Crippen LogP contribution in [0.4, 0.5) is 0 Å². The van der Waals surface area contributed by atoms with Crippen molar-refractivity contribution >= 4 is 11.7 Å². The van der Waals surface area contributed by atoms with E-state index in [0.717, 1.165) is 31.6 Å². The zero-order valence-corrected chi connectivity index (χ0v) is 14.6. The van der Waals surface area contributed by atoms with Crippen LogP contribution in [0.15, 0.2) is 48.8 Å². The Kier molecular flexibility index (Phi) is 3.79. The molecule has 0 N–H and O–H groups in total. The number of hydrogen-bond acceptors (Lipinski definition) is 3. The topological polar surface area (TPSA) is 50.5 Å². The fourth-order valence-corrected chi connectivity index (χ4v) is 3.89. The van der Waals surface area contributed by atoms with Gasteiger partial charge < -0.3 is 4.90 Å². The van der Waals surface area contributed by atoms with Crippen molar-refractivity contribution < 1.29 is 4.79 Å². The third kappa shape index (κ3) is 2.69. The first-order valence-electron chi connectivity index (χ1n) is 8.73. The van der Waals surface area contributed by atoms with Gasteiger partial charge in [0, 0.05) is 30.9 Å². The van der Waals surface area contributed by atoms with Gasteiger partial charge in [-0.15, -0.1) is 0 Å². The summed E-state index contributed by atoms with van der Waals surface area (Å²) in [5.74, 6) is 0.617. The molecule has 5 heteroatoms. The molecule has 1 atom stereocenters. The third-order valence-corrected chi connectivity index (χ3v) is 5.23. The third-order valence-electron chi connectivity index (χ3n) is 5.23. The smallest absolute Gasteiger partial charge is 0.272 e. The minimum atomic E-state index is -0.0121. The molecule has 25 heavy (non-hydrogen) atoms. The molecule has 0 radical (unpaired) electrons. The van der Waals surface area contributed by atoms with E-state index < -0.39 is 0 Å². The Hall–Kier alpha value is -2.69. The molecule has 1 aromatic carbocycles. The van der Waals surface area contributed by atoms with Crippen LogP contribution in [0.25, 0.3) is 5.78 Å². The number of carbonyl (C=O) groups is 1. The Morgan fingerprint density at radius 1 is 1.20 bits per heavy atom. The van der Waals surface area contributed by atoms with Crippen molar-refractivity contribution in [3.05, 3.63) is 65.7 Å². The van der Waals surface area contributed by atoms with E-state index >= 15 is 0 Å². The van der Waals surface area contributed by atoms with E-state index in [1.165, 1.54) is 5.56 Å². The van der Waals surface area contributed by atoms with Gasteiger partial charge in [-0.25, -0.2) is 9.97 Å². The minimum absolute atomic E-state index is 0.0121. The number of aromatic nitrogens is 3. The van der Waals surface area contributed by atoms with Gasteiger partial charge in [0.1, 0.15) is 5.69 Å². The molecule has 3 heterocycles. The quantitative estimate of drug-likeness (QED) is 0.723. The maximum Gasteiger partial charge on any atom is 0.272 e. The van der Waals surface area contributed by atoms with Crippen LogP contribution >= 0.6 is 0 Å². The van der Waals surface area contributed by atoms with Crippen molar-refractivity contribution in [1.82, 2.24) is 19.3 Å². The standard InChI is InChI=1S/C20H22N4O/c1-15-17(24-13-7-11-21-19(24)22-15)18(25)23-12-6-10-20(2,14-23)16-8-4-3-5-9-16/h3-5,7-9,11,13H,6,10,12,14H2,1-2H3. The number of fused-ring (bicyclic) bond motifs is 1. The fraction of sp³-hybridized carbons (Fsp3) is 0.350. The zero-order valence-electron chi connectivity index (χ0n) is 14.6. The highest BCUT2D eigenvalue weighted by molar-refractivity contribution is 5.94. The molecule has 0 aliphatic carbocycles. The lowest BCUT2D eigenvalue weighted by molar-refractivity contribution is 0.0643. The number of piperidine rings is 1. The van der Waals surface area contributed by atoms with E-state index in [9.17, 15) is 4.79 Å². The summed E-state index contributed by atoms with van der Waals surface area (Å²) in [6, 6.07) is 12.3. The highest BCUT2D eigenvalue weighted by Crippen LogP contribution is 2.34. The zero-order chi connectivity index (χ0) is 17.4. The SMILES string of the molecule is Cc1nc2ncccn2c1C(=O)N1CCCC(C)(c2ccccc2)C1. The van der Waals surface area contributed by atoms with Crippen LogP contribution in [0.1, 0.15) is 41.5 Å². The molecule has 2 aromatic heterocycles. The summed E-state index contributed by atoms with van der Waals surface area (Å²) in [5, 5.41) is 0. The van der Waals surface area contributed by atoms with Gasteiger partial charge in [-0.3, -0.25) is 9.20 Å². The second-order valence-corrected chi connectivity index (χ2v) is 7.09. The molecule has 1 aliphatic heterocycles. The Bertz CT molecular complexity index is 918. The summed E-state index contributed by atoms with van der Waals surface area (Å²) in [5.41, 5.74) is 2.64. The van der Waals surface area contributed by atoms with E-state index in [4.69, 9.17) is 0 Å². The van der Waals surface area contributed by atoms with Gasteiger partial charge in [-0.2, -0.15) is 0 Å². The lowest BCUT2D eigenvalue weighted by Gasteiger charge is -2.41. The molecular weight excluding hydrogens is 312 g/mol. The van der Waals surface area contributed by atoms with Crippen molar-refractivity contribution in [2.24, 2.45) is 0 Å². The number of imidazole rings is 1. The fourth-order valence-electron chi connectivity index (χ4n) is 3.89. The number of likely N-dealkylation sites (tertiary alicyclic amines) is 1. The van der Waals surface area contributed by atoms with Gasteiger partial charge in [0.05, 0.1) is 5.69 Å². The number of hydrogen-bond donors (Lipinski definition) is 0. The van der Waals surface area contributed by atoms with Crippen LogP contribution in [-0.2, 0) is 5.41 Å². The van der Waals surface area contributed by atoms with Gasteiger partial charge in [0.2, 0.25) is 5.78 Å². The lowest BCUT2D eigenvalue weighted by Crippen LogP contribution is -2.47. The highest BCUT2D eigenvalue weighted by atomic mass is 16.2. The molecule has 1 fully saturated rings. The first-order chi connectivity index (χ1) is 12.1. The van der Waals surface area contributed by atoms with Gasteiger partial charge in [-0.1, -0.05) is 37.3 Å². The van der Waals surface area contributed by atoms with Crippen molar-refractivity contribution in [2.75, 3.05) is 13.1 Å². The second kappa shape index (κ2) is 5.99. The molecule has 3 aromatic rings. The summed E-state index contributed by atoms with van der Waals surface area (Å²) in [4.78, 5) is 23.9. The highest BCUT2D eigenvalue weighted by Gasteiger charge is 2.36. The average Bonchev–Trinajstić information content (AvgIpc) is 2.97. The maximum atomic E-state index is 13.3. The monoisotopic (exact) mass is 334 g/mol. The van der Waals surface area contributed by atoms with Crippen LogP contribution in [0.2, 0.25) is 0 Å². The van der Waals surface area contributed by atoms with Gasteiger partial charge in [0.15, 0.2) is 0 Å². The van der Waals surface area contributed by atoms with Gasteiger partial charge in [0.25, 0.3) is 5.91 Å². The number of benzene rings is 1. The second-order valence-electron chi connectivity index (χ2n) is 7.09. The lowest BCUT2D eigenvalue weighted by atomic mass is 9.76. The van der Waals surface area contributed by atoms with Crippen molar-refractivity contribution in [2.45, 2.75) is 32.1 Å². The molecule has 128 valence electrons. The largest absolute Gasteiger partial charge is 0.336 e. The number of aryl methyl sites for hydroxylation is 1. The molecule has 1 saturated heterocycles. The van der Waals surface area contributed by atoms with Crippen molar-refractivity contribution in [3.63, 3.8) is 0 Å². The number of rotatable bonds is 2. The Labute approximate surface area is 147 Å². The molecule has 4 rings (SSSR count). The van der Waals surface area contributed by atoms with E-state index in [1.807, 2.05) is 30.2 Å². The number of amides is 1. The molecule has 0 bridgehead atoms. The predicted octanol–water partition coefficient (Wildman–Crippen LogP) is 3.23. The van der Waals surface area contributed by atoms with Crippen LogP contribution in [0.5, 0.6) is 0 Å². The summed E-state index contributed by atoms with van der Waals surface area (Å²) < 4.78 is 1.80. The summed E-state index contributed by atoms with van der Waals surface area (Å²) >= 11 is 0. The molecule has 5 nitrogen and oxygen atoms in total. The first-order valence-corrected chi connectivity index (χ1v) is 8.73. The Balaban J connectivity index is 1.67. The molecule has 1 amide bonds. The van der Waals surface area contributed by atoms with E-state index in [0.29, 0.717) is 11.5 Å². The molecule has 1 unspecified atom stereocenters. The molecule has 0 saturated carbocycles. The summed E-state index contributed by atoms with van der Waals surface area (Å²) in [7, 11) is 0. The average molecular weight is 334 g/mol.